The van der Waals surface area contributed by atoms with Gasteiger partial charge in [-0.15, -0.1) is 0 Å². The standard InChI is InChI=1S/C18H21N7O2/c1-11-7-14(25-18(21-11)19-10-20-25)17-22-16(23-27-17)13-5-6-15(26)24(9-13)8-12-3-2-4-12/h7,10,12-13H,2-6,8-9H2,1H3. The molecule has 0 radical (unpaired) electrons. The summed E-state index contributed by atoms with van der Waals surface area (Å²) < 4.78 is 7.13. The van der Waals surface area contributed by atoms with Crippen molar-refractivity contribution in [1.29, 1.82) is 0 Å². The minimum absolute atomic E-state index is 0.106. The molecule has 1 amide bonds. The molecular formula is C18H21N7O2. The maximum atomic E-state index is 12.3. The molecule has 5 rings (SSSR count). The number of aromatic nitrogens is 6. The lowest BCUT2D eigenvalue weighted by Gasteiger charge is -2.36. The Balaban J connectivity index is 1.39. The van der Waals surface area contributed by atoms with Crippen molar-refractivity contribution < 1.29 is 9.32 Å². The molecule has 27 heavy (non-hydrogen) atoms. The van der Waals surface area contributed by atoms with Crippen LogP contribution in [0.2, 0.25) is 0 Å². The number of nitrogens with zero attached hydrogens (tertiary/aromatic N) is 7. The van der Waals surface area contributed by atoms with Crippen LogP contribution in [0.3, 0.4) is 0 Å². The number of piperidine rings is 1. The van der Waals surface area contributed by atoms with E-state index in [9.17, 15) is 4.79 Å². The molecule has 1 aliphatic heterocycles. The zero-order chi connectivity index (χ0) is 18.4. The third kappa shape index (κ3) is 2.96. The molecule has 9 heteroatoms. The number of hydrogen-bond acceptors (Lipinski definition) is 7. The van der Waals surface area contributed by atoms with Crippen molar-refractivity contribution >= 4 is 11.7 Å². The van der Waals surface area contributed by atoms with E-state index in [-0.39, 0.29) is 11.8 Å². The first-order valence-electron chi connectivity index (χ1n) is 9.46. The molecule has 3 aromatic heterocycles. The minimum Gasteiger partial charge on any atom is -0.342 e. The molecule has 2 aliphatic rings. The molecule has 9 nitrogen and oxygen atoms in total. The van der Waals surface area contributed by atoms with Crippen LogP contribution < -0.4 is 0 Å². The van der Waals surface area contributed by atoms with Crippen LogP contribution >= 0.6 is 0 Å². The Hall–Kier alpha value is -2.84. The SMILES string of the molecule is Cc1cc(-c2nc(C3CCC(=O)N(CC4CCC4)C3)no2)n2ncnc2n1. The molecule has 1 unspecified atom stereocenters. The van der Waals surface area contributed by atoms with E-state index in [0.29, 0.717) is 42.1 Å². The van der Waals surface area contributed by atoms with Gasteiger partial charge in [0.1, 0.15) is 12.0 Å². The Morgan fingerprint density at radius 2 is 2.15 bits per heavy atom. The Labute approximate surface area is 155 Å². The maximum Gasteiger partial charge on any atom is 0.276 e. The number of rotatable bonds is 4. The zero-order valence-corrected chi connectivity index (χ0v) is 15.2. The first kappa shape index (κ1) is 16.3. The Morgan fingerprint density at radius 1 is 1.26 bits per heavy atom. The fourth-order valence-corrected chi connectivity index (χ4v) is 3.88. The molecule has 2 fully saturated rings. The van der Waals surface area contributed by atoms with Gasteiger partial charge in [0.05, 0.1) is 0 Å². The summed E-state index contributed by atoms with van der Waals surface area (Å²) in [7, 11) is 0. The van der Waals surface area contributed by atoms with Crippen LogP contribution in [0.15, 0.2) is 16.9 Å². The second-order valence-corrected chi connectivity index (χ2v) is 7.54. The monoisotopic (exact) mass is 367 g/mol. The van der Waals surface area contributed by atoms with E-state index in [0.717, 1.165) is 18.7 Å². The van der Waals surface area contributed by atoms with Gasteiger partial charge in [-0.1, -0.05) is 11.6 Å². The predicted molar refractivity (Wildman–Crippen MR) is 94.7 cm³/mol. The van der Waals surface area contributed by atoms with Crippen LogP contribution in [0, 0.1) is 12.8 Å². The molecule has 3 aromatic rings. The second kappa shape index (κ2) is 6.40. The van der Waals surface area contributed by atoms with Gasteiger partial charge >= 0.3 is 0 Å². The van der Waals surface area contributed by atoms with Gasteiger partial charge in [0.2, 0.25) is 5.91 Å². The van der Waals surface area contributed by atoms with E-state index in [1.54, 1.807) is 4.52 Å². The van der Waals surface area contributed by atoms with Gasteiger partial charge in [0.15, 0.2) is 5.82 Å². The summed E-state index contributed by atoms with van der Waals surface area (Å²) in [5.41, 5.74) is 1.48. The number of fused-ring (bicyclic) bond motifs is 1. The molecule has 0 bridgehead atoms. The molecule has 1 atom stereocenters. The first-order chi connectivity index (χ1) is 13.2. The topological polar surface area (TPSA) is 102 Å². The van der Waals surface area contributed by atoms with Crippen molar-refractivity contribution in [3.05, 3.63) is 23.9 Å². The Bertz CT molecular complexity index is 991. The number of hydrogen-bond donors (Lipinski definition) is 0. The van der Waals surface area contributed by atoms with Crippen LogP contribution in [0.5, 0.6) is 0 Å². The van der Waals surface area contributed by atoms with E-state index in [4.69, 9.17) is 4.52 Å². The number of likely N-dealkylation sites (tertiary alicyclic amines) is 1. The van der Waals surface area contributed by atoms with Crippen molar-refractivity contribution in [2.45, 2.75) is 44.9 Å². The normalized spacial score (nSPS) is 21.0. The highest BCUT2D eigenvalue weighted by atomic mass is 16.5. The fourth-order valence-electron chi connectivity index (χ4n) is 3.88. The van der Waals surface area contributed by atoms with Gasteiger partial charge in [-0.25, -0.2) is 4.98 Å². The summed E-state index contributed by atoms with van der Waals surface area (Å²) in [5.74, 6) is 2.56. The summed E-state index contributed by atoms with van der Waals surface area (Å²) in [5, 5.41) is 8.39. The summed E-state index contributed by atoms with van der Waals surface area (Å²) in [6.45, 7) is 3.42. The largest absolute Gasteiger partial charge is 0.342 e. The first-order valence-corrected chi connectivity index (χ1v) is 9.46. The number of aryl methyl sites for hydroxylation is 1. The van der Waals surface area contributed by atoms with Crippen molar-refractivity contribution in [2.75, 3.05) is 13.1 Å². The highest BCUT2D eigenvalue weighted by Crippen LogP contribution is 2.32. The number of amides is 1. The van der Waals surface area contributed by atoms with Gasteiger partial charge in [0.25, 0.3) is 11.7 Å². The number of carbonyl (C=O) groups excluding carboxylic acids is 1. The van der Waals surface area contributed by atoms with Gasteiger partial charge in [-0.05, 0) is 38.2 Å². The van der Waals surface area contributed by atoms with Crippen LogP contribution in [-0.2, 0) is 4.79 Å². The second-order valence-electron chi connectivity index (χ2n) is 7.54. The highest BCUT2D eigenvalue weighted by molar-refractivity contribution is 5.77. The van der Waals surface area contributed by atoms with Gasteiger partial charge in [-0.2, -0.15) is 19.6 Å². The average Bonchev–Trinajstić information content (AvgIpc) is 3.28. The van der Waals surface area contributed by atoms with Crippen LogP contribution in [0.1, 0.15) is 49.5 Å². The van der Waals surface area contributed by atoms with Gasteiger partial charge in [-0.3, -0.25) is 4.79 Å². The van der Waals surface area contributed by atoms with E-state index in [2.05, 4.69) is 25.2 Å². The van der Waals surface area contributed by atoms with Crippen molar-refractivity contribution in [2.24, 2.45) is 5.92 Å². The zero-order valence-electron chi connectivity index (χ0n) is 15.2. The minimum atomic E-state index is 0.106. The van der Waals surface area contributed by atoms with Crippen molar-refractivity contribution in [3.63, 3.8) is 0 Å². The molecule has 0 N–H and O–H groups in total. The highest BCUT2D eigenvalue weighted by Gasteiger charge is 2.32. The summed E-state index contributed by atoms with van der Waals surface area (Å²) in [6, 6.07) is 1.85. The Morgan fingerprint density at radius 3 is 2.96 bits per heavy atom. The van der Waals surface area contributed by atoms with Gasteiger partial charge < -0.3 is 9.42 Å². The lowest BCUT2D eigenvalue weighted by molar-refractivity contribution is -0.135. The smallest absolute Gasteiger partial charge is 0.276 e. The third-order valence-electron chi connectivity index (χ3n) is 5.61. The van der Waals surface area contributed by atoms with E-state index in [1.165, 1.54) is 25.6 Å². The Kier molecular flexibility index (Phi) is 3.87. The fraction of sp³-hybridized carbons (Fsp3) is 0.556. The molecular weight excluding hydrogens is 346 g/mol. The van der Waals surface area contributed by atoms with E-state index < -0.39 is 0 Å². The molecule has 1 aliphatic carbocycles. The molecule has 4 heterocycles. The average molecular weight is 367 g/mol. The lowest BCUT2D eigenvalue weighted by Crippen LogP contribution is -2.43. The van der Waals surface area contributed by atoms with Crippen molar-refractivity contribution in [3.8, 4) is 11.6 Å². The maximum absolute atomic E-state index is 12.3. The summed E-state index contributed by atoms with van der Waals surface area (Å²) in [4.78, 5) is 27.3. The quantitative estimate of drug-likeness (QED) is 0.695. The predicted octanol–water partition coefficient (Wildman–Crippen LogP) is 1.99. The summed E-state index contributed by atoms with van der Waals surface area (Å²) >= 11 is 0. The van der Waals surface area contributed by atoms with E-state index >= 15 is 0 Å². The molecule has 0 aromatic carbocycles. The molecule has 1 saturated carbocycles. The van der Waals surface area contributed by atoms with Crippen LogP contribution in [-0.4, -0.2) is 53.6 Å². The molecule has 140 valence electrons. The lowest BCUT2D eigenvalue weighted by atomic mass is 9.84. The molecule has 1 saturated heterocycles. The molecule has 0 spiro atoms. The number of carbonyl (C=O) groups is 1. The summed E-state index contributed by atoms with van der Waals surface area (Å²) in [6.07, 6.45) is 6.50. The third-order valence-corrected chi connectivity index (χ3v) is 5.61. The van der Waals surface area contributed by atoms with Crippen LogP contribution in [0.4, 0.5) is 0 Å². The van der Waals surface area contributed by atoms with E-state index in [1.807, 2.05) is 17.9 Å². The van der Waals surface area contributed by atoms with Crippen molar-refractivity contribution in [1.82, 2.24) is 34.6 Å². The van der Waals surface area contributed by atoms with Gasteiger partial charge in [0, 0.05) is 31.1 Å². The van der Waals surface area contributed by atoms with Crippen LogP contribution in [0.25, 0.3) is 17.4 Å².